The standard InChI is InChI=1S/C12H10Cl2O3S/c1-5(15)11-8(16)2-6(3-9(11)17)7-4-10(13)18-12(7)14/h4,6,15H,2-3H2,1H3. The molecule has 1 N–H and O–H groups in total. The number of aliphatic hydroxyl groups excluding tert-OH is 1. The van der Waals surface area contributed by atoms with Crippen molar-refractivity contribution >= 4 is 46.1 Å². The molecule has 1 aliphatic rings. The number of Topliss-reactive ketones (excluding diaryl/α,β-unsaturated/α-hetero) is 2. The predicted octanol–water partition coefficient (Wildman–Crippen LogP) is 3.90. The van der Waals surface area contributed by atoms with Gasteiger partial charge in [0.25, 0.3) is 0 Å². The van der Waals surface area contributed by atoms with E-state index in [1.165, 1.54) is 18.3 Å². The highest BCUT2D eigenvalue weighted by Crippen LogP contribution is 2.41. The Hall–Kier alpha value is -0.840. The van der Waals surface area contributed by atoms with E-state index in [1.54, 1.807) is 6.07 Å². The van der Waals surface area contributed by atoms with Crippen LogP contribution >= 0.6 is 34.5 Å². The minimum absolute atomic E-state index is 0.0799. The third-order valence-corrected chi connectivity index (χ3v) is 4.42. The molecule has 2 rings (SSSR count). The van der Waals surface area contributed by atoms with Crippen LogP contribution in [0.5, 0.6) is 0 Å². The van der Waals surface area contributed by atoms with Gasteiger partial charge in [0.15, 0.2) is 11.6 Å². The first-order valence-corrected chi connectivity index (χ1v) is 6.88. The predicted molar refractivity (Wildman–Crippen MR) is 71.7 cm³/mol. The molecule has 1 fully saturated rings. The minimum Gasteiger partial charge on any atom is -0.512 e. The molecule has 0 saturated heterocycles. The molecule has 0 amide bonds. The number of rotatable bonds is 1. The van der Waals surface area contributed by atoms with E-state index in [-0.39, 0.29) is 41.7 Å². The van der Waals surface area contributed by atoms with Crippen LogP contribution in [0.25, 0.3) is 0 Å². The van der Waals surface area contributed by atoms with Crippen molar-refractivity contribution in [3.8, 4) is 0 Å². The Kier molecular flexibility index (Phi) is 3.80. The second kappa shape index (κ2) is 5.03. The summed E-state index contributed by atoms with van der Waals surface area (Å²) in [6, 6.07) is 1.69. The lowest BCUT2D eigenvalue weighted by molar-refractivity contribution is -0.124. The number of thiophene rings is 1. The number of ketones is 2. The van der Waals surface area contributed by atoms with Crippen LogP contribution in [-0.2, 0) is 9.59 Å². The zero-order valence-electron chi connectivity index (χ0n) is 9.50. The molecular weight excluding hydrogens is 295 g/mol. The molecule has 0 bridgehead atoms. The lowest BCUT2D eigenvalue weighted by Gasteiger charge is -2.21. The maximum absolute atomic E-state index is 11.8. The average Bonchev–Trinajstić information content (AvgIpc) is 2.56. The molecule has 18 heavy (non-hydrogen) atoms. The highest BCUT2D eigenvalue weighted by Gasteiger charge is 2.34. The Morgan fingerprint density at radius 3 is 2.28 bits per heavy atom. The van der Waals surface area contributed by atoms with E-state index in [0.717, 1.165) is 5.56 Å². The Balaban J connectivity index is 2.32. The van der Waals surface area contributed by atoms with Gasteiger partial charge >= 0.3 is 0 Å². The summed E-state index contributed by atoms with van der Waals surface area (Å²) in [6.45, 7) is 1.35. The molecule has 0 aliphatic heterocycles. The molecule has 1 heterocycles. The van der Waals surface area contributed by atoms with Gasteiger partial charge in [-0.3, -0.25) is 9.59 Å². The largest absolute Gasteiger partial charge is 0.512 e. The molecule has 6 heteroatoms. The summed E-state index contributed by atoms with van der Waals surface area (Å²) in [5, 5.41) is 9.33. The molecule has 1 saturated carbocycles. The highest BCUT2D eigenvalue weighted by molar-refractivity contribution is 7.20. The lowest BCUT2D eigenvalue weighted by Crippen LogP contribution is -2.25. The summed E-state index contributed by atoms with van der Waals surface area (Å²) in [7, 11) is 0. The summed E-state index contributed by atoms with van der Waals surface area (Å²) in [4.78, 5) is 23.7. The van der Waals surface area contributed by atoms with E-state index < -0.39 is 0 Å². The van der Waals surface area contributed by atoms with Gasteiger partial charge in [0, 0.05) is 18.8 Å². The Morgan fingerprint density at radius 1 is 1.33 bits per heavy atom. The fourth-order valence-corrected chi connectivity index (χ4v) is 3.76. The van der Waals surface area contributed by atoms with Crippen molar-refractivity contribution in [3.05, 3.63) is 31.6 Å². The number of hydrogen-bond donors (Lipinski definition) is 1. The second-order valence-corrected chi connectivity index (χ2v) is 6.48. The highest BCUT2D eigenvalue weighted by atomic mass is 35.5. The van der Waals surface area contributed by atoms with Crippen LogP contribution in [-0.4, -0.2) is 16.7 Å². The number of carbonyl (C=O) groups excluding carboxylic acids is 2. The Bertz CT molecular complexity index is 536. The molecule has 3 nitrogen and oxygen atoms in total. The van der Waals surface area contributed by atoms with Gasteiger partial charge in [-0.2, -0.15) is 0 Å². The van der Waals surface area contributed by atoms with Crippen molar-refractivity contribution in [3.63, 3.8) is 0 Å². The van der Waals surface area contributed by atoms with Gasteiger partial charge in [0.05, 0.1) is 14.2 Å². The zero-order valence-corrected chi connectivity index (χ0v) is 11.8. The van der Waals surface area contributed by atoms with Gasteiger partial charge in [-0.1, -0.05) is 23.2 Å². The Morgan fingerprint density at radius 2 is 1.89 bits per heavy atom. The van der Waals surface area contributed by atoms with Crippen LogP contribution in [0.3, 0.4) is 0 Å². The van der Waals surface area contributed by atoms with Crippen LogP contribution in [0.4, 0.5) is 0 Å². The van der Waals surface area contributed by atoms with Crippen LogP contribution < -0.4 is 0 Å². The number of carbonyl (C=O) groups is 2. The SMILES string of the molecule is CC(O)=C1C(=O)CC(c2cc(Cl)sc2Cl)CC1=O. The van der Waals surface area contributed by atoms with Gasteiger partial charge in [-0.15, -0.1) is 11.3 Å². The van der Waals surface area contributed by atoms with E-state index >= 15 is 0 Å². The number of allylic oxidation sites excluding steroid dienone is 2. The molecule has 0 atom stereocenters. The van der Waals surface area contributed by atoms with Gasteiger partial charge in [0.1, 0.15) is 5.76 Å². The average molecular weight is 305 g/mol. The van der Waals surface area contributed by atoms with Crippen molar-refractivity contribution in [1.29, 1.82) is 0 Å². The van der Waals surface area contributed by atoms with Gasteiger partial charge in [0.2, 0.25) is 0 Å². The van der Waals surface area contributed by atoms with Gasteiger partial charge in [-0.05, 0) is 18.6 Å². The lowest BCUT2D eigenvalue weighted by atomic mass is 9.80. The summed E-state index contributed by atoms with van der Waals surface area (Å²) in [5.74, 6) is -1.13. The summed E-state index contributed by atoms with van der Waals surface area (Å²) in [6.07, 6.45) is 0.345. The van der Waals surface area contributed by atoms with Crippen molar-refractivity contribution < 1.29 is 14.7 Å². The van der Waals surface area contributed by atoms with Crippen LogP contribution in [0.15, 0.2) is 17.4 Å². The van der Waals surface area contributed by atoms with Gasteiger partial charge in [-0.25, -0.2) is 0 Å². The van der Waals surface area contributed by atoms with Crippen molar-refractivity contribution in [1.82, 2.24) is 0 Å². The minimum atomic E-state index is -0.338. The van der Waals surface area contributed by atoms with Gasteiger partial charge < -0.3 is 5.11 Å². The summed E-state index contributed by atoms with van der Waals surface area (Å²) in [5.41, 5.74) is 0.659. The molecular formula is C12H10Cl2O3S. The third kappa shape index (κ3) is 2.46. The fraction of sp³-hybridized carbons (Fsp3) is 0.333. The van der Waals surface area contributed by atoms with E-state index in [2.05, 4.69) is 0 Å². The molecule has 1 aliphatic carbocycles. The molecule has 0 radical (unpaired) electrons. The van der Waals surface area contributed by atoms with Crippen molar-refractivity contribution in [2.24, 2.45) is 0 Å². The normalized spacial score (nSPS) is 20.4. The Labute approximate surface area is 118 Å². The summed E-state index contributed by atoms with van der Waals surface area (Å²) < 4.78 is 1.05. The zero-order chi connectivity index (χ0) is 13.4. The van der Waals surface area contributed by atoms with Crippen molar-refractivity contribution in [2.45, 2.75) is 25.7 Å². The monoisotopic (exact) mass is 304 g/mol. The number of hydrogen-bond acceptors (Lipinski definition) is 4. The van der Waals surface area contributed by atoms with E-state index in [9.17, 15) is 14.7 Å². The molecule has 1 aromatic heterocycles. The maximum Gasteiger partial charge on any atom is 0.170 e. The third-order valence-electron chi connectivity index (χ3n) is 2.91. The molecule has 0 aromatic carbocycles. The first-order chi connectivity index (χ1) is 8.40. The maximum atomic E-state index is 11.8. The topological polar surface area (TPSA) is 54.4 Å². The number of halogens is 2. The first kappa shape index (κ1) is 13.6. The molecule has 0 unspecified atom stereocenters. The molecule has 1 aromatic rings. The number of aliphatic hydroxyl groups is 1. The smallest absolute Gasteiger partial charge is 0.170 e. The van der Waals surface area contributed by atoms with Crippen LogP contribution in [0.2, 0.25) is 8.67 Å². The van der Waals surface area contributed by atoms with Crippen LogP contribution in [0.1, 0.15) is 31.2 Å². The first-order valence-electron chi connectivity index (χ1n) is 5.31. The summed E-state index contributed by atoms with van der Waals surface area (Å²) >= 11 is 13.1. The van der Waals surface area contributed by atoms with E-state index in [1.807, 2.05) is 0 Å². The van der Waals surface area contributed by atoms with Crippen molar-refractivity contribution in [2.75, 3.05) is 0 Å². The molecule has 96 valence electrons. The fourth-order valence-electron chi connectivity index (χ4n) is 2.13. The quantitative estimate of drug-likeness (QED) is 0.486. The molecule has 0 spiro atoms. The van der Waals surface area contributed by atoms with E-state index in [0.29, 0.717) is 8.67 Å². The van der Waals surface area contributed by atoms with E-state index in [4.69, 9.17) is 23.2 Å². The van der Waals surface area contributed by atoms with Crippen LogP contribution in [0, 0.1) is 0 Å². The second-order valence-electron chi connectivity index (χ2n) is 4.19.